The van der Waals surface area contributed by atoms with E-state index < -0.39 is 4.92 Å². The van der Waals surface area contributed by atoms with Gasteiger partial charge in [0.05, 0.1) is 16.6 Å². The monoisotopic (exact) mass is 331 g/mol. The molecule has 126 valence electrons. The van der Waals surface area contributed by atoms with Crippen molar-refractivity contribution >= 4 is 28.9 Å². The summed E-state index contributed by atoms with van der Waals surface area (Å²) in [6.45, 7) is 3.42. The van der Waals surface area contributed by atoms with Crippen LogP contribution >= 0.6 is 0 Å². The molecule has 2 N–H and O–H groups in total. The van der Waals surface area contributed by atoms with E-state index in [1.54, 1.807) is 26.0 Å². The van der Waals surface area contributed by atoms with Gasteiger partial charge in [-0.3, -0.25) is 19.7 Å². The first-order chi connectivity index (χ1) is 11.4. The van der Waals surface area contributed by atoms with Crippen LogP contribution in [0.1, 0.15) is 32.3 Å². The molecule has 1 aliphatic heterocycles. The van der Waals surface area contributed by atoms with Gasteiger partial charge in [0.2, 0.25) is 11.8 Å². The predicted octanol–water partition coefficient (Wildman–Crippen LogP) is 1.34. The first kappa shape index (κ1) is 17.3. The van der Waals surface area contributed by atoms with Crippen molar-refractivity contribution in [3.05, 3.63) is 39.9 Å². The highest BCUT2D eigenvalue weighted by Crippen LogP contribution is 2.14. The van der Waals surface area contributed by atoms with Crippen molar-refractivity contribution < 1.29 is 14.5 Å². The van der Waals surface area contributed by atoms with Gasteiger partial charge in [0.25, 0.3) is 5.69 Å². The Morgan fingerprint density at radius 3 is 2.62 bits per heavy atom. The van der Waals surface area contributed by atoms with Gasteiger partial charge in [0.1, 0.15) is 0 Å². The zero-order valence-electron chi connectivity index (χ0n) is 13.3. The molecule has 9 heteroatoms. The van der Waals surface area contributed by atoms with Gasteiger partial charge in [-0.15, -0.1) is 0 Å². The number of nitro groups is 1. The SMILES string of the molecule is CC1=NNC(=O)[C@@H]1CCC(=O)N/N=C(/C)c1ccc([N+](=O)[O-])cc1. The van der Waals surface area contributed by atoms with Crippen LogP contribution in [0.3, 0.4) is 0 Å². The average Bonchev–Trinajstić information content (AvgIpc) is 2.89. The van der Waals surface area contributed by atoms with E-state index in [0.29, 0.717) is 23.4 Å². The Morgan fingerprint density at radius 1 is 1.42 bits per heavy atom. The second-order valence-corrected chi connectivity index (χ2v) is 5.36. The van der Waals surface area contributed by atoms with E-state index in [1.165, 1.54) is 12.1 Å². The lowest BCUT2D eigenvalue weighted by molar-refractivity contribution is -0.384. The van der Waals surface area contributed by atoms with E-state index in [2.05, 4.69) is 21.1 Å². The van der Waals surface area contributed by atoms with Crippen molar-refractivity contribution in [2.24, 2.45) is 16.1 Å². The molecule has 0 saturated carbocycles. The number of nitro benzene ring substituents is 1. The van der Waals surface area contributed by atoms with Gasteiger partial charge in [0.15, 0.2) is 0 Å². The molecule has 1 aromatic carbocycles. The van der Waals surface area contributed by atoms with Crippen LogP contribution in [0.5, 0.6) is 0 Å². The highest BCUT2D eigenvalue weighted by Gasteiger charge is 2.26. The van der Waals surface area contributed by atoms with Crippen LogP contribution in [0.4, 0.5) is 5.69 Å². The van der Waals surface area contributed by atoms with Crippen molar-refractivity contribution in [3.63, 3.8) is 0 Å². The number of carbonyl (C=O) groups is 2. The fourth-order valence-corrected chi connectivity index (χ4v) is 2.20. The number of rotatable bonds is 6. The fraction of sp³-hybridized carbons (Fsp3) is 0.333. The van der Waals surface area contributed by atoms with E-state index >= 15 is 0 Å². The smallest absolute Gasteiger partial charge is 0.269 e. The first-order valence-corrected chi connectivity index (χ1v) is 7.30. The lowest BCUT2D eigenvalue weighted by atomic mass is 9.99. The van der Waals surface area contributed by atoms with Crippen LogP contribution in [0.15, 0.2) is 34.5 Å². The summed E-state index contributed by atoms with van der Waals surface area (Å²) in [6, 6.07) is 5.87. The molecule has 1 atom stereocenters. The van der Waals surface area contributed by atoms with Crippen molar-refractivity contribution in [3.8, 4) is 0 Å². The Labute approximate surface area is 138 Å². The van der Waals surface area contributed by atoms with Gasteiger partial charge >= 0.3 is 0 Å². The third-order valence-electron chi connectivity index (χ3n) is 3.67. The maximum absolute atomic E-state index is 11.8. The molecule has 0 spiro atoms. The number of amides is 2. The van der Waals surface area contributed by atoms with Crippen molar-refractivity contribution in [1.29, 1.82) is 0 Å². The van der Waals surface area contributed by atoms with Gasteiger partial charge < -0.3 is 0 Å². The largest absolute Gasteiger partial charge is 0.273 e. The molecule has 9 nitrogen and oxygen atoms in total. The second kappa shape index (κ2) is 7.44. The summed E-state index contributed by atoms with van der Waals surface area (Å²) in [5.74, 6) is -0.898. The fourth-order valence-electron chi connectivity index (χ4n) is 2.20. The van der Waals surface area contributed by atoms with Crippen LogP contribution in [0.2, 0.25) is 0 Å². The highest BCUT2D eigenvalue weighted by molar-refractivity contribution is 6.07. The van der Waals surface area contributed by atoms with Crippen molar-refractivity contribution in [1.82, 2.24) is 10.9 Å². The van der Waals surface area contributed by atoms with Gasteiger partial charge in [0, 0.05) is 24.3 Å². The number of non-ortho nitro benzene ring substituents is 1. The van der Waals surface area contributed by atoms with E-state index in [9.17, 15) is 19.7 Å². The van der Waals surface area contributed by atoms with Crippen LogP contribution in [-0.2, 0) is 9.59 Å². The molecule has 0 aromatic heterocycles. The van der Waals surface area contributed by atoms with Gasteiger partial charge in [-0.2, -0.15) is 10.2 Å². The van der Waals surface area contributed by atoms with Gasteiger partial charge in [-0.1, -0.05) is 0 Å². The summed E-state index contributed by atoms with van der Waals surface area (Å²) >= 11 is 0. The maximum atomic E-state index is 11.8. The Bertz CT molecular complexity index is 724. The highest BCUT2D eigenvalue weighted by atomic mass is 16.6. The van der Waals surface area contributed by atoms with E-state index in [1.807, 2.05) is 0 Å². The number of hydrazone groups is 2. The number of benzene rings is 1. The van der Waals surface area contributed by atoms with E-state index in [-0.39, 0.29) is 29.8 Å². The third kappa shape index (κ3) is 4.22. The topological polar surface area (TPSA) is 126 Å². The molecule has 1 aliphatic rings. The Hall–Kier alpha value is -3.10. The van der Waals surface area contributed by atoms with Crippen LogP contribution in [0, 0.1) is 16.0 Å². The van der Waals surface area contributed by atoms with Gasteiger partial charge in [-0.25, -0.2) is 10.9 Å². The lowest BCUT2D eigenvalue weighted by Crippen LogP contribution is -2.25. The van der Waals surface area contributed by atoms with Crippen LogP contribution < -0.4 is 10.9 Å². The molecule has 0 unspecified atom stereocenters. The first-order valence-electron chi connectivity index (χ1n) is 7.30. The minimum atomic E-state index is -0.484. The minimum absolute atomic E-state index is 0.0116. The van der Waals surface area contributed by atoms with E-state index in [0.717, 1.165) is 0 Å². The average molecular weight is 331 g/mol. The third-order valence-corrected chi connectivity index (χ3v) is 3.67. The molecule has 0 radical (unpaired) electrons. The van der Waals surface area contributed by atoms with E-state index in [4.69, 9.17) is 0 Å². The molecular formula is C15H17N5O4. The number of carbonyl (C=O) groups excluding carboxylic acids is 2. The Balaban J connectivity index is 1.87. The molecule has 1 aromatic rings. The zero-order chi connectivity index (χ0) is 17.7. The quantitative estimate of drug-likeness (QED) is 0.463. The molecule has 0 saturated heterocycles. The standard InChI is InChI=1S/C15H17N5O4/c1-9(11-3-5-12(6-4-11)20(23)24)16-18-14(21)8-7-13-10(2)17-19-15(13)22/h3-6,13H,7-8H2,1-2H3,(H,18,21)(H,19,22)/b16-9-/t13-/m1/s1. The second-order valence-electron chi connectivity index (χ2n) is 5.36. The number of hydrogen-bond acceptors (Lipinski definition) is 6. The summed E-state index contributed by atoms with van der Waals surface area (Å²) < 4.78 is 0. The van der Waals surface area contributed by atoms with Crippen molar-refractivity contribution in [2.75, 3.05) is 0 Å². The molecule has 24 heavy (non-hydrogen) atoms. The van der Waals surface area contributed by atoms with Crippen LogP contribution in [0.25, 0.3) is 0 Å². The van der Waals surface area contributed by atoms with Crippen LogP contribution in [-0.4, -0.2) is 28.2 Å². The molecule has 2 rings (SSSR count). The normalized spacial score (nSPS) is 17.2. The summed E-state index contributed by atoms with van der Waals surface area (Å²) in [7, 11) is 0. The number of nitrogens with one attached hydrogen (secondary N) is 2. The molecule has 2 amide bonds. The number of nitrogens with zero attached hydrogens (tertiary/aromatic N) is 3. The Morgan fingerprint density at radius 2 is 2.08 bits per heavy atom. The molecule has 0 aliphatic carbocycles. The summed E-state index contributed by atoms with van der Waals surface area (Å²) in [4.78, 5) is 33.4. The molecular weight excluding hydrogens is 314 g/mol. The number of hydrogen-bond donors (Lipinski definition) is 2. The van der Waals surface area contributed by atoms with Gasteiger partial charge in [-0.05, 0) is 38.0 Å². The predicted molar refractivity (Wildman–Crippen MR) is 87.4 cm³/mol. The molecule has 0 bridgehead atoms. The zero-order valence-corrected chi connectivity index (χ0v) is 13.3. The maximum Gasteiger partial charge on any atom is 0.269 e. The Kier molecular flexibility index (Phi) is 5.35. The summed E-state index contributed by atoms with van der Waals surface area (Å²) in [5.41, 5.74) is 6.63. The molecule has 1 heterocycles. The minimum Gasteiger partial charge on any atom is -0.273 e. The lowest BCUT2D eigenvalue weighted by Gasteiger charge is -2.07. The van der Waals surface area contributed by atoms with Crippen molar-refractivity contribution in [2.45, 2.75) is 26.7 Å². The summed E-state index contributed by atoms with van der Waals surface area (Å²) in [5, 5.41) is 18.4. The summed E-state index contributed by atoms with van der Waals surface area (Å²) in [6.07, 6.45) is 0.501. The molecule has 0 fully saturated rings.